The fourth-order valence-electron chi connectivity index (χ4n) is 2.32. The predicted octanol–water partition coefficient (Wildman–Crippen LogP) is 3.29. The molecule has 1 aliphatic rings. The first-order chi connectivity index (χ1) is 8.33. The number of imidazole rings is 1. The minimum Gasteiger partial charge on any atom is -0.340 e. The van der Waals surface area contributed by atoms with Crippen molar-refractivity contribution < 1.29 is 0 Å². The van der Waals surface area contributed by atoms with E-state index in [2.05, 4.69) is 35.9 Å². The van der Waals surface area contributed by atoms with Gasteiger partial charge in [-0.1, -0.05) is 12.8 Å². The van der Waals surface area contributed by atoms with Crippen LogP contribution in [0.25, 0.3) is 11.4 Å². The van der Waals surface area contributed by atoms with E-state index in [1.165, 1.54) is 25.7 Å². The van der Waals surface area contributed by atoms with Crippen LogP contribution in [0.5, 0.6) is 0 Å². The first-order valence-corrected chi connectivity index (χ1v) is 6.65. The monoisotopic (exact) mass is 292 g/mol. The van der Waals surface area contributed by atoms with Crippen molar-refractivity contribution in [3.05, 3.63) is 29.0 Å². The number of nitrogens with one attached hydrogen (secondary N) is 1. The molecule has 0 atom stereocenters. The molecule has 0 spiro atoms. The van der Waals surface area contributed by atoms with E-state index in [-0.39, 0.29) is 0 Å². The number of aromatic nitrogens is 4. The van der Waals surface area contributed by atoms with Crippen LogP contribution in [0.4, 0.5) is 0 Å². The van der Waals surface area contributed by atoms with Gasteiger partial charge in [-0.2, -0.15) is 0 Å². The van der Waals surface area contributed by atoms with Crippen LogP contribution in [-0.4, -0.2) is 19.9 Å². The molecule has 0 amide bonds. The Morgan fingerprint density at radius 1 is 1.06 bits per heavy atom. The molecule has 2 heterocycles. The number of halogens is 1. The Kier molecular flexibility index (Phi) is 2.93. The van der Waals surface area contributed by atoms with Gasteiger partial charge in [-0.05, 0) is 28.8 Å². The van der Waals surface area contributed by atoms with Gasteiger partial charge >= 0.3 is 0 Å². The van der Waals surface area contributed by atoms with Gasteiger partial charge in [0.2, 0.25) is 0 Å². The summed E-state index contributed by atoms with van der Waals surface area (Å²) in [6.07, 6.45) is 10.4. The quantitative estimate of drug-likeness (QED) is 0.924. The molecule has 0 aromatic carbocycles. The van der Waals surface area contributed by atoms with E-state index in [9.17, 15) is 0 Å². The number of hydrogen-bond acceptors (Lipinski definition) is 3. The van der Waals surface area contributed by atoms with Crippen molar-refractivity contribution in [2.45, 2.75) is 31.6 Å². The lowest BCUT2D eigenvalue weighted by molar-refractivity contribution is 0.679. The van der Waals surface area contributed by atoms with Gasteiger partial charge in [-0.15, -0.1) is 0 Å². The van der Waals surface area contributed by atoms with E-state index in [1.54, 1.807) is 12.4 Å². The van der Waals surface area contributed by atoms with Crippen LogP contribution < -0.4 is 0 Å². The van der Waals surface area contributed by atoms with Gasteiger partial charge < -0.3 is 4.98 Å². The normalized spacial score (nSPS) is 16.5. The molecule has 4 nitrogen and oxygen atoms in total. The molecular formula is C12H13BrN4. The summed E-state index contributed by atoms with van der Waals surface area (Å²) in [5, 5.41) is 0. The van der Waals surface area contributed by atoms with E-state index in [1.807, 2.05) is 6.20 Å². The summed E-state index contributed by atoms with van der Waals surface area (Å²) >= 11 is 3.28. The summed E-state index contributed by atoms with van der Waals surface area (Å²) in [7, 11) is 0. The van der Waals surface area contributed by atoms with E-state index < -0.39 is 0 Å². The number of rotatable bonds is 2. The maximum absolute atomic E-state index is 4.46. The fourth-order valence-corrected chi connectivity index (χ4v) is 2.53. The van der Waals surface area contributed by atoms with Crippen LogP contribution in [0.3, 0.4) is 0 Å². The van der Waals surface area contributed by atoms with Crippen molar-refractivity contribution >= 4 is 15.9 Å². The molecule has 0 bridgehead atoms. The van der Waals surface area contributed by atoms with E-state index in [0.29, 0.717) is 5.92 Å². The minimum absolute atomic E-state index is 0.604. The van der Waals surface area contributed by atoms with Crippen LogP contribution in [0.2, 0.25) is 0 Å². The molecular weight excluding hydrogens is 280 g/mol. The maximum Gasteiger partial charge on any atom is 0.124 e. The summed E-state index contributed by atoms with van der Waals surface area (Å²) < 4.78 is 0.747. The second kappa shape index (κ2) is 4.56. The largest absolute Gasteiger partial charge is 0.340 e. The zero-order chi connectivity index (χ0) is 11.7. The Labute approximate surface area is 108 Å². The summed E-state index contributed by atoms with van der Waals surface area (Å²) in [6.45, 7) is 0. The van der Waals surface area contributed by atoms with Crippen LogP contribution in [0.15, 0.2) is 23.2 Å². The summed E-state index contributed by atoms with van der Waals surface area (Å²) in [5.41, 5.74) is 1.79. The van der Waals surface area contributed by atoms with E-state index in [0.717, 1.165) is 21.8 Å². The van der Waals surface area contributed by atoms with E-state index >= 15 is 0 Å². The lowest BCUT2D eigenvalue weighted by atomic mass is 10.1. The van der Waals surface area contributed by atoms with Crippen LogP contribution in [-0.2, 0) is 0 Å². The molecule has 2 aromatic rings. The highest BCUT2D eigenvalue weighted by Crippen LogP contribution is 2.33. The van der Waals surface area contributed by atoms with Gasteiger partial charge in [0.1, 0.15) is 16.1 Å². The van der Waals surface area contributed by atoms with Crippen LogP contribution in [0, 0.1) is 0 Å². The molecule has 0 unspecified atom stereocenters. The summed E-state index contributed by atoms with van der Waals surface area (Å²) in [4.78, 5) is 16.3. The third kappa shape index (κ3) is 2.24. The van der Waals surface area contributed by atoms with Gasteiger partial charge in [0.15, 0.2) is 0 Å². The van der Waals surface area contributed by atoms with Crippen molar-refractivity contribution in [3.63, 3.8) is 0 Å². The van der Waals surface area contributed by atoms with Crippen molar-refractivity contribution in [1.82, 2.24) is 19.9 Å². The second-order valence-corrected chi connectivity index (χ2v) is 5.20. The second-order valence-electron chi connectivity index (χ2n) is 4.39. The lowest BCUT2D eigenvalue weighted by Crippen LogP contribution is -1.94. The highest BCUT2D eigenvalue weighted by atomic mass is 79.9. The molecule has 5 heteroatoms. The van der Waals surface area contributed by atoms with Gasteiger partial charge in [0.25, 0.3) is 0 Å². The number of hydrogen-bond donors (Lipinski definition) is 1. The van der Waals surface area contributed by atoms with Gasteiger partial charge in [0, 0.05) is 5.92 Å². The number of aromatic amines is 1. The van der Waals surface area contributed by atoms with Gasteiger partial charge in [-0.25, -0.2) is 9.97 Å². The van der Waals surface area contributed by atoms with Gasteiger partial charge in [-0.3, -0.25) is 4.98 Å². The first kappa shape index (κ1) is 10.9. The third-order valence-electron chi connectivity index (χ3n) is 3.23. The molecule has 1 N–H and O–H groups in total. The van der Waals surface area contributed by atoms with Crippen LogP contribution >= 0.6 is 15.9 Å². The molecule has 0 radical (unpaired) electrons. The molecule has 0 aliphatic heterocycles. The minimum atomic E-state index is 0.604. The van der Waals surface area contributed by atoms with Crippen molar-refractivity contribution in [3.8, 4) is 11.4 Å². The molecule has 1 fully saturated rings. The Morgan fingerprint density at radius 2 is 1.88 bits per heavy atom. The smallest absolute Gasteiger partial charge is 0.124 e. The molecule has 88 valence electrons. The molecule has 1 saturated carbocycles. The Morgan fingerprint density at radius 3 is 2.59 bits per heavy atom. The lowest BCUT2D eigenvalue weighted by Gasteiger charge is -2.03. The molecule has 3 rings (SSSR count). The SMILES string of the molecule is Brc1cnc(-c2cnc(C3CCCC3)[nH]2)cn1. The van der Waals surface area contributed by atoms with E-state index in [4.69, 9.17) is 0 Å². The molecule has 17 heavy (non-hydrogen) atoms. The number of H-pyrrole nitrogens is 1. The Hall–Kier alpha value is -1.23. The summed E-state index contributed by atoms with van der Waals surface area (Å²) in [6, 6.07) is 0. The molecule has 2 aromatic heterocycles. The van der Waals surface area contributed by atoms with Crippen molar-refractivity contribution in [2.24, 2.45) is 0 Å². The van der Waals surface area contributed by atoms with Gasteiger partial charge in [0.05, 0.1) is 24.3 Å². The Balaban J connectivity index is 1.86. The number of nitrogens with zero attached hydrogens (tertiary/aromatic N) is 3. The average Bonchev–Trinajstić information content (AvgIpc) is 3.00. The topological polar surface area (TPSA) is 54.5 Å². The highest BCUT2D eigenvalue weighted by molar-refractivity contribution is 9.10. The van der Waals surface area contributed by atoms with Crippen molar-refractivity contribution in [1.29, 1.82) is 0 Å². The third-order valence-corrected chi connectivity index (χ3v) is 3.64. The standard InChI is InChI=1S/C12H13BrN4/c13-11-7-14-9(5-15-11)10-6-16-12(17-10)8-3-1-2-4-8/h5-8H,1-4H2,(H,16,17). The molecule has 0 saturated heterocycles. The summed E-state index contributed by atoms with van der Waals surface area (Å²) in [5.74, 6) is 1.70. The first-order valence-electron chi connectivity index (χ1n) is 5.86. The Bertz CT molecular complexity index is 499. The zero-order valence-corrected chi connectivity index (χ0v) is 10.9. The maximum atomic E-state index is 4.46. The fraction of sp³-hybridized carbons (Fsp3) is 0.417. The molecule has 1 aliphatic carbocycles. The zero-order valence-electron chi connectivity index (χ0n) is 9.36. The average molecular weight is 293 g/mol. The highest BCUT2D eigenvalue weighted by Gasteiger charge is 2.20. The van der Waals surface area contributed by atoms with Crippen molar-refractivity contribution in [2.75, 3.05) is 0 Å². The predicted molar refractivity (Wildman–Crippen MR) is 68.5 cm³/mol. The van der Waals surface area contributed by atoms with Crippen LogP contribution in [0.1, 0.15) is 37.4 Å².